The van der Waals surface area contributed by atoms with Crippen LogP contribution in [0.15, 0.2) is 24.3 Å². The predicted molar refractivity (Wildman–Crippen MR) is 75.4 cm³/mol. The van der Waals surface area contributed by atoms with Crippen molar-refractivity contribution in [3.8, 4) is 0 Å². The Kier molecular flexibility index (Phi) is 4.56. The molecule has 0 amide bonds. The van der Waals surface area contributed by atoms with Gasteiger partial charge < -0.3 is 5.11 Å². The summed E-state index contributed by atoms with van der Waals surface area (Å²) in [6.45, 7) is 9.30. The Hall–Kier alpha value is -1.39. The number of carboxylic acid groups (broad SMARTS) is 1. The molecule has 0 bridgehead atoms. The van der Waals surface area contributed by atoms with Gasteiger partial charge in [0.25, 0.3) is 0 Å². The SMILES string of the molecule is CC(C)N1CCN(Cc2ccccc2C(=O)O)CC1. The Morgan fingerprint density at radius 3 is 2.42 bits per heavy atom. The predicted octanol–water partition coefficient (Wildman–Crippen LogP) is 1.91. The summed E-state index contributed by atoms with van der Waals surface area (Å²) in [6.07, 6.45) is 0. The molecule has 1 aliphatic rings. The van der Waals surface area contributed by atoms with E-state index in [1.807, 2.05) is 12.1 Å². The molecule has 1 saturated heterocycles. The largest absolute Gasteiger partial charge is 0.478 e. The van der Waals surface area contributed by atoms with E-state index in [9.17, 15) is 9.90 Å². The summed E-state index contributed by atoms with van der Waals surface area (Å²) in [5.74, 6) is -0.837. The Labute approximate surface area is 114 Å². The van der Waals surface area contributed by atoms with Gasteiger partial charge in [-0.15, -0.1) is 0 Å². The van der Waals surface area contributed by atoms with Crippen molar-refractivity contribution in [1.29, 1.82) is 0 Å². The maximum atomic E-state index is 11.2. The van der Waals surface area contributed by atoms with E-state index in [1.165, 1.54) is 0 Å². The molecule has 0 aliphatic carbocycles. The highest BCUT2D eigenvalue weighted by Crippen LogP contribution is 2.14. The average Bonchev–Trinajstić information content (AvgIpc) is 2.39. The first kappa shape index (κ1) is 14.0. The van der Waals surface area contributed by atoms with Crippen LogP contribution in [0.4, 0.5) is 0 Å². The van der Waals surface area contributed by atoms with Gasteiger partial charge in [0, 0.05) is 38.8 Å². The maximum Gasteiger partial charge on any atom is 0.336 e. The van der Waals surface area contributed by atoms with Crippen LogP contribution in [0.3, 0.4) is 0 Å². The van der Waals surface area contributed by atoms with Gasteiger partial charge in [-0.2, -0.15) is 0 Å². The number of hydrogen-bond acceptors (Lipinski definition) is 3. The van der Waals surface area contributed by atoms with Gasteiger partial charge in [0.2, 0.25) is 0 Å². The van der Waals surface area contributed by atoms with Crippen molar-refractivity contribution in [2.75, 3.05) is 26.2 Å². The number of aromatic carboxylic acids is 1. The molecular formula is C15H22N2O2. The molecule has 1 fully saturated rings. The van der Waals surface area contributed by atoms with Gasteiger partial charge in [-0.3, -0.25) is 9.80 Å². The third-order valence-electron chi connectivity index (χ3n) is 3.78. The van der Waals surface area contributed by atoms with E-state index in [0.29, 0.717) is 11.6 Å². The van der Waals surface area contributed by atoms with Gasteiger partial charge in [-0.05, 0) is 25.5 Å². The lowest BCUT2D eigenvalue weighted by Gasteiger charge is -2.37. The van der Waals surface area contributed by atoms with Crippen molar-refractivity contribution in [1.82, 2.24) is 9.80 Å². The van der Waals surface area contributed by atoms with Crippen LogP contribution >= 0.6 is 0 Å². The number of piperazine rings is 1. The normalized spacial score (nSPS) is 17.8. The van der Waals surface area contributed by atoms with E-state index in [0.717, 1.165) is 38.3 Å². The standard InChI is InChI=1S/C15H22N2O2/c1-12(2)17-9-7-16(8-10-17)11-13-5-3-4-6-14(13)15(18)19/h3-6,12H,7-11H2,1-2H3,(H,18,19). The molecule has 1 aromatic rings. The summed E-state index contributed by atoms with van der Waals surface area (Å²) in [7, 11) is 0. The number of hydrogen-bond donors (Lipinski definition) is 1. The van der Waals surface area contributed by atoms with E-state index >= 15 is 0 Å². The van der Waals surface area contributed by atoms with Gasteiger partial charge in [0.1, 0.15) is 0 Å². The van der Waals surface area contributed by atoms with Gasteiger partial charge in [-0.1, -0.05) is 18.2 Å². The van der Waals surface area contributed by atoms with Crippen LogP contribution in [-0.4, -0.2) is 53.1 Å². The fraction of sp³-hybridized carbons (Fsp3) is 0.533. The van der Waals surface area contributed by atoms with E-state index in [4.69, 9.17) is 0 Å². The zero-order valence-electron chi connectivity index (χ0n) is 11.7. The molecule has 4 heteroatoms. The molecule has 104 valence electrons. The first-order chi connectivity index (χ1) is 9.08. The van der Waals surface area contributed by atoms with Gasteiger partial charge in [0.05, 0.1) is 5.56 Å². The number of carbonyl (C=O) groups is 1. The smallest absolute Gasteiger partial charge is 0.336 e. The summed E-state index contributed by atoms with van der Waals surface area (Å²) in [6, 6.07) is 7.88. The van der Waals surface area contributed by atoms with Gasteiger partial charge in [-0.25, -0.2) is 4.79 Å². The number of carboxylic acids is 1. The van der Waals surface area contributed by atoms with E-state index in [-0.39, 0.29) is 0 Å². The second-order valence-corrected chi connectivity index (χ2v) is 5.37. The second-order valence-electron chi connectivity index (χ2n) is 5.37. The van der Waals surface area contributed by atoms with Crippen molar-refractivity contribution in [3.63, 3.8) is 0 Å². The number of rotatable bonds is 4. The summed E-state index contributed by atoms with van der Waals surface area (Å²) < 4.78 is 0. The monoisotopic (exact) mass is 262 g/mol. The molecule has 0 saturated carbocycles. The van der Waals surface area contributed by atoms with Crippen LogP contribution in [0, 0.1) is 0 Å². The van der Waals surface area contributed by atoms with Crippen LogP contribution in [-0.2, 0) is 6.54 Å². The van der Waals surface area contributed by atoms with Crippen LogP contribution in [0.1, 0.15) is 29.8 Å². The Balaban J connectivity index is 1.98. The lowest BCUT2D eigenvalue weighted by Crippen LogP contribution is -2.48. The van der Waals surface area contributed by atoms with Crippen molar-refractivity contribution < 1.29 is 9.90 Å². The molecule has 1 aliphatic heterocycles. The van der Waals surface area contributed by atoms with Gasteiger partial charge >= 0.3 is 5.97 Å². The fourth-order valence-electron chi connectivity index (χ4n) is 2.55. The Bertz CT molecular complexity index is 438. The lowest BCUT2D eigenvalue weighted by molar-refractivity contribution is 0.0691. The van der Waals surface area contributed by atoms with Crippen molar-refractivity contribution in [2.45, 2.75) is 26.4 Å². The topological polar surface area (TPSA) is 43.8 Å². The summed E-state index contributed by atoms with van der Waals surface area (Å²) in [5, 5.41) is 9.18. The van der Waals surface area contributed by atoms with E-state index in [2.05, 4.69) is 23.6 Å². The third-order valence-corrected chi connectivity index (χ3v) is 3.78. The van der Waals surface area contributed by atoms with E-state index in [1.54, 1.807) is 12.1 Å². The molecule has 0 aromatic heterocycles. The highest BCUT2D eigenvalue weighted by molar-refractivity contribution is 5.89. The quantitative estimate of drug-likeness (QED) is 0.900. The van der Waals surface area contributed by atoms with Crippen LogP contribution in [0.25, 0.3) is 0 Å². The minimum Gasteiger partial charge on any atom is -0.478 e. The first-order valence-corrected chi connectivity index (χ1v) is 6.85. The lowest BCUT2D eigenvalue weighted by atomic mass is 10.1. The first-order valence-electron chi connectivity index (χ1n) is 6.85. The van der Waals surface area contributed by atoms with Crippen LogP contribution < -0.4 is 0 Å². The summed E-state index contributed by atoms with van der Waals surface area (Å²) in [4.78, 5) is 16.0. The molecule has 0 spiro atoms. The molecular weight excluding hydrogens is 240 g/mol. The van der Waals surface area contributed by atoms with Crippen molar-refractivity contribution >= 4 is 5.97 Å². The highest BCUT2D eigenvalue weighted by atomic mass is 16.4. The number of benzene rings is 1. The maximum absolute atomic E-state index is 11.2. The van der Waals surface area contributed by atoms with Crippen LogP contribution in [0.5, 0.6) is 0 Å². The van der Waals surface area contributed by atoms with E-state index < -0.39 is 5.97 Å². The third kappa shape index (κ3) is 3.55. The Morgan fingerprint density at radius 2 is 1.84 bits per heavy atom. The summed E-state index contributed by atoms with van der Waals surface area (Å²) in [5.41, 5.74) is 1.33. The zero-order chi connectivity index (χ0) is 13.8. The molecule has 1 aromatic carbocycles. The van der Waals surface area contributed by atoms with Crippen molar-refractivity contribution in [3.05, 3.63) is 35.4 Å². The second kappa shape index (κ2) is 6.17. The molecule has 4 nitrogen and oxygen atoms in total. The molecule has 1 N–H and O–H groups in total. The molecule has 1 heterocycles. The molecule has 19 heavy (non-hydrogen) atoms. The average molecular weight is 262 g/mol. The molecule has 0 unspecified atom stereocenters. The molecule has 2 rings (SSSR count). The van der Waals surface area contributed by atoms with Crippen molar-refractivity contribution in [2.24, 2.45) is 0 Å². The van der Waals surface area contributed by atoms with Gasteiger partial charge in [0.15, 0.2) is 0 Å². The number of nitrogens with zero attached hydrogens (tertiary/aromatic N) is 2. The molecule has 0 radical (unpaired) electrons. The fourth-order valence-corrected chi connectivity index (χ4v) is 2.55. The summed E-state index contributed by atoms with van der Waals surface area (Å²) >= 11 is 0. The minimum absolute atomic E-state index is 0.425. The highest BCUT2D eigenvalue weighted by Gasteiger charge is 2.20. The molecule has 0 atom stereocenters. The minimum atomic E-state index is -0.837. The van der Waals surface area contributed by atoms with Crippen LogP contribution in [0.2, 0.25) is 0 Å². The zero-order valence-corrected chi connectivity index (χ0v) is 11.7. The Morgan fingerprint density at radius 1 is 1.21 bits per heavy atom.